The van der Waals surface area contributed by atoms with Crippen LogP contribution in [-0.2, 0) is 0 Å². The second-order valence-corrected chi connectivity index (χ2v) is 3.01. The average Bonchev–Trinajstić information content (AvgIpc) is 2.51. The number of hydrogen-bond donors (Lipinski definition) is 1. The van der Waals surface area contributed by atoms with E-state index >= 15 is 0 Å². The molecule has 72 valence electrons. The maximum atomic E-state index is 13.2. The first-order valence-electron chi connectivity index (χ1n) is 3.76. The summed E-state index contributed by atoms with van der Waals surface area (Å²) in [5.74, 6) is -1.29. The van der Waals surface area contributed by atoms with Crippen LogP contribution in [0.4, 0.5) is 8.78 Å². The molecule has 0 radical (unpaired) electrons. The molecule has 0 fully saturated rings. The monoisotopic (exact) mass is 213 g/mol. The molecule has 6 heteroatoms. The van der Waals surface area contributed by atoms with Crippen LogP contribution in [0, 0.1) is 16.4 Å². The highest BCUT2D eigenvalue weighted by Gasteiger charge is 2.05. The fraction of sp³-hybridized carbons (Fsp3) is 0. The third-order valence-electron chi connectivity index (χ3n) is 1.68. The number of aromatic nitrogens is 3. The highest BCUT2D eigenvalue weighted by molar-refractivity contribution is 7.71. The van der Waals surface area contributed by atoms with Crippen molar-refractivity contribution in [3.8, 4) is 5.69 Å². The molecule has 0 aliphatic rings. The van der Waals surface area contributed by atoms with Crippen molar-refractivity contribution in [3.63, 3.8) is 0 Å². The Labute approximate surface area is 83.0 Å². The third kappa shape index (κ3) is 1.56. The predicted molar refractivity (Wildman–Crippen MR) is 48.7 cm³/mol. The summed E-state index contributed by atoms with van der Waals surface area (Å²) in [5.41, 5.74) is 0.176. The van der Waals surface area contributed by atoms with Crippen LogP contribution in [0.15, 0.2) is 24.5 Å². The summed E-state index contributed by atoms with van der Waals surface area (Å²) in [4.78, 5) is 3.72. The SMILES string of the molecule is Fc1ccc(-n2cnc(=S)[nH]2)c(F)c1. The van der Waals surface area contributed by atoms with E-state index in [4.69, 9.17) is 12.2 Å². The Bertz CT molecular complexity index is 517. The Kier molecular flexibility index (Phi) is 2.12. The molecule has 14 heavy (non-hydrogen) atoms. The predicted octanol–water partition coefficient (Wildman–Crippen LogP) is 2.21. The maximum absolute atomic E-state index is 13.2. The summed E-state index contributed by atoms with van der Waals surface area (Å²) < 4.78 is 27.3. The van der Waals surface area contributed by atoms with Crippen LogP contribution in [0.5, 0.6) is 0 Å². The lowest BCUT2D eigenvalue weighted by atomic mass is 10.3. The summed E-state index contributed by atoms with van der Waals surface area (Å²) in [6, 6.07) is 3.26. The lowest BCUT2D eigenvalue weighted by Crippen LogP contribution is -1.98. The summed E-state index contributed by atoms with van der Waals surface area (Å²) in [5, 5.41) is 2.61. The molecule has 1 aromatic carbocycles. The van der Waals surface area contributed by atoms with E-state index in [1.807, 2.05) is 0 Å². The van der Waals surface area contributed by atoms with Gasteiger partial charge in [0.15, 0.2) is 5.82 Å². The van der Waals surface area contributed by atoms with Crippen LogP contribution in [0.2, 0.25) is 0 Å². The van der Waals surface area contributed by atoms with Gasteiger partial charge in [0.05, 0.1) is 0 Å². The van der Waals surface area contributed by atoms with E-state index in [1.165, 1.54) is 17.1 Å². The van der Waals surface area contributed by atoms with Crippen LogP contribution in [0.25, 0.3) is 5.69 Å². The molecule has 1 N–H and O–H groups in total. The quantitative estimate of drug-likeness (QED) is 0.737. The van der Waals surface area contributed by atoms with Crippen LogP contribution < -0.4 is 0 Å². The minimum atomic E-state index is -0.673. The van der Waals surface area contributed by atoms with Crippen molar-refractivity contribution in [1.82, 2.24) is 14.8 Å². The van der Waals surface area contributed by atoms with Gasteiger partial charge in [-0.3, -0.25) is 5.10 Å². The van der Waals surface area contributed by atoms with Gasteiger partial charge in [-0.1, -0.05) is 0 Å². The second kappa shape index (κ2) is 3.30. The van der Waals surface area contributed by atoms with Crippen molar-refractivity contribution in [2.45, 2.75) is 0 Å². The minimum absolute atomic E-state index is 0.176. The standard InChI is InChI=1S/C8H5F2N3S/c9-5-1-2-7(6(10)3-5)13-4-11-8(14)12-13/h1-4H,(H,12,14). The number of nitrogens with zero attached hydrogens (tertiary/aromatic N) is 2. The van der Waals surface area contributed by atoms with Crippen LogP contribution in [-0.4, -0.2) is 14.8 Å². The van der Waals surface area contributed by atoms with E-state index < -0.39 is 11.6 Å². The molecule has 3 nitrogen and oxygen atoms in total. The molecule has 2 aromatic rings. The summed E-state index contributed by atoms with van der Waals surface area (Å²) >= 11 is 4.72. The Morgan fingerprint density at radius 3 is 2.71 bits per heavy atom. The smallest absolute Gasteiger partial charge is 0.213 e. The minimum Gasteiger partial charge on any atom is -0.267 e. The highest BCUT2D eigenvalue weighted by atomic mass is 32.1. The lowest BCUT2D eigenvalue weighted by molar-refractivity contribution is 0.573. The fourth-order valence-corrected chi connectivity index (χ4v) is 1.22. The third-order valence-corrected chi connectivity index (χ3v) is 1.87. The number of H-pyrrole nitrogens is 1. The molecule has 1 heterocycles. The first kappa shape index (κ1) is 9.01. The van der Waals surface area contributed by atoms with Crippen molar-refractivity contribution < 1.29 is 8.78 Å². The molecule has 0 atom stereocenters. The van der Waals surface area contributed by atoms with Crippen molar-refractivity contribution >= 4 is 12.2 Å². The molecule has 0 bridgehead atoms. The molecule has 0 spiro atoms. The van der Waals surface area contributed by atoms with Gasteiger partial charge >= 0.3 is 0 Å². The van der Waals surface area contributed by atoms with Gasteiger partial charge < -0.3 is 0 Å². The molecule has 1 aromatic heterocycles. The van der Waals surface area contributed by atoms with Gasteiger partial charge in [0, 0.05) is 6.07 Å². The zero-order valence-electron chi connectivity index (χ0n) is 6.87. The zero-order valence-corrected chi connectivity index (χ0v) is 7.68. The molecule has 2 rings (SSSR count). The van der Waals surface area contributed by atoms with Gasteiger partial charge in [-0.2, -0.15) is 0 Å². The van der Waals surface area contributed by atoms with Gasteiger partial charge in [0.25, 0.3) is 0 Å². The average molecular weight is 213 g/mol. The van der Waals surface area contributed by atoms with Crippen molar-refractivity contribution in [2.75, 3.05) is 0 Å². The highest BCUT2D eigenvalue weighted by Crippen LogP contribution is 2.12. The number of benzene rings is 1. The Hall–Kier alpha value is -1.56. The van der Waals surface area contributed by atoms with Crippen molar-refractivity contribution in [1.29, 1.82) is 0 Å². The molecule has 0 aliphatic carbocycles. The topological polar surface area (TPSA) is 33.6 Å². The normalized spacial score (nSPS) is 10.4. The molecule has 0 saturated heterocycles. The van der Waals surface area contributed by atoms with Crippen LogP contribution in [0.3, 0.4) is 0 Å². The van der Waals surface area contributed by atoms with Gasteiger partial charge in [0.2, 0.25) is 4.77 Å². The van der Waals surface area contributed by atoms with Crippen molar-refractivity contribution in [2.24, 2.45) is 0 Å². The number of halogens is 2. The fourth-order valence-electron chi connectivity index (χ4n) is 1.07. The van der Waals surface area contributed by atoms with Gasteiger partial charge in [-0.15, -0.1) is 0 Å². The van der Waals surface area contributed by atoms with Crippen molar-refractivity contribution in [3.05, 3.63) is 40.9 Å². The molecule has 0 saturated carbocycles. The summed E-state index contributed by atoms with van der Waals surface area (Å²) in [6.07, 6.45) is 1.33. The molecule has 0 unspecified atom stereocenters. The largest absolute Gasteiger partial charge is 0.267 e. The summed E-state index contributed by atoms with van der Waals surface area (Å²) in [6.45, 7) is 0. The van der Waals surface area contributed by atoms with E-state index in [1.54, 1.807) is 0 Å². The molecular formula is C8H5F2N3S. The Morgan fingerprint density at radius 1 is 1.36 bits per heavy atom. The van der Waals surface area contributed by atoms with E-state index in [2.05, 4.69) is 10.1 Å². The number of aromatic amines is 1. The summed E-state index contributed by atoms with van der Waals surface area (Å²) in [7, 11) is 0. The Morgan fingerprint density at radius 2 is 2.14 bits per heavy atom. The zero-order chi connectivity index (χ0) is 10.1. The number of hydrogen-bond acceptors (Lipinski definition) is 2. The second-order valence-electron chi connectivity index (χ2n) is 2.63. The van der Waals surface area contributed by atoms with E-state index in [0.717, 1.165) is 12.1 Å². The Balaban J connectivity index is 2.57. The lowest BCUT2D eigenvalue weighted by Gasteiger charge is -2.02. The number of nitrogens with one attached hydrogen (secondary N) is 1. The van der Waals surface area contributed by atoms with E-state index in [0.29, 0.717) is 0 Å². The molecule has 0 aliphatic heterocycles. The van der Waals surface area contributed by atoms with Gasteiger partial charge in [-0.25, -0.2) is 18.4 Å². The first-order valence-corrected chi connectivity index (χ1v) is 4.17. The first-order chi connectivity index (χ1) is 6.66. The van der Waals surface area contributed by atoms with E-state index in [9.17, 15) is 8.78 Å². The molecular weight excluding hydrogens is 208 g/mol. The molecule has 0 amide bonds. The maximum Gasteiger partial charge on any atom is 0.213 e. The van der Waals surface area contributed by atoms with Crippen LogP contribution in [0.1, 0.15) is 0 Å². The van der Waals surface area contributed by atoms with E-state index in [-0.39, 0.29) is 10.5 Å². The van der Waals surface area contributed by atoms with Crippen LogP contribution >= 0.6 is 12.2 Å². The van der Waals surface area contributed by atoms with Gasteiger partial charge in [-0.05, 0) is 24.4 Å². The number of rotatable bonds is 1. The van der Waals surface area contributed by atoms with Gasteiger partial charge in [0.1, 0.15) is 17.8 Å².